The van der Waals surface area contributed by atoms with Gasteiger partial charge in [-0.15, -0.1) is 0 Å². The van der Waals surface area contributed by atoms with Crippen molar-refractivity contribution in [3.63, 3.8) is 0 Å². The summed E-state index contributed by atoms with van der Waals surface area (Å²) in [5.74, 6) is -0.556. The van der Waals surface area contributed by atoms with Gasteiger partial charge in [-0.05, 0) is 12.3 Å². The van der Waals surface area contributed by atoms with E-state index >= 15 is 0 Å². The second kappa shape index (κ2) is 11.6. The van der Waals surface area contributed by atoms with Crippen LogP contribution in [-0.4, -0.2) is 65.8 Å². The summed E-state index contributed by atoms with van der Waals surface area (Å²) in [6.45, 7) is 3.89. The first-order valence-corrected chi connectivity index (χ1v) is 3.02. The number of carboxylic acid groups (broad SMARTS) is 1. The Morgan fingerprint density at radius 1 is 1.42 bits per heavy atom. The first-order valence-electron chi connectivity index (χ1n) is 3.02. The Bertz CT molecular complexity index is 110. The number of rotatable bonds is 3. The molecule has 2 radical (unpaired) electrons. The number of carboxylic acids is 1. The van der Waals surface area contributed by atoms with Crippen LogP contribution in [0.15, 0.2) is 0 Å². The van der Waals surface area contributed by atoms with Crippen molar-refractivity contribution in [2.75, 3.05) is 0 Å². The Balaban J connectivity index is -0.000000107. The Hall–Kier alpha value is 0.610. The third-order valence-electron chi connectivity index (χ3n) is 1.04. The molecule has 72 valence electrons. The maximum atomic E-state index is 10.1. The molecular formula is C6H17CaNO4. The van der Waals surface area contributed by atoms with Gasteiger partial charge in [-0.2, -0.15) is 0 Å². The van der Waals surface area contributed by atoms with Crippen LogP contribution in [0.4, 0.5) is 0 Å². The summed E-state index contributed by atoms with van der Waals surface area (Å²) in [6, 6.07) is -0.690. The van der Waals surface area contributed by atoms with Gasteiger partial charge in [0.2, 0.25) is 0 Å². The first kappa shape index (κ1) is 22.9. The zero-order valence-electron chi connectivity index (χ0n) is 7.50. The van der Waals surface area contributed by atoms with Crippen LogP contribution < -0.4 is 5.73 Å². The third-order valence-corrected chi connectivity index (χ3v) is 1.04. The van der Waals surface area contributed by atoms with Crippen LogP contribution in [0, 0.1) is 5.92 Å². The molecule has 0 aliphatic rings. The minimum Gasteiger partial charge on any atom is -0.480 e. The van der Waals surface area contributed by atoms with Crippen molar-refractivity contribution >= 4 is 43.7 Å². The van der Waals surface area contributed by atoms with E-state index in [0.717, 1.165) is 0 Å². The minimum atomic E-state index is -0.913. The summed E-state index contributed by atoms with van der Waals surface area (Å²) in [5, 5.41) is 8.31. The molecule has 0 aromatic carbocycles. The van der Waals surface area contributed by atoms with Crippen molar-refractivity contribution in [3.05, 3.63) is 0 Å². The Morgan fingerprint density at radius 2 is 1.75 bits per heavy atom. The summed E-state index contributed by atoms with van der Waals surface area (Å²) in [4.78, 5) is 10.1. The van der Waals surface area contributed by atoms with E-state index in [2.05, 4.69) is 0 Å². The average molecular weight is 207 g/mol. The van der Waals surface area contributed by atoms with Crippen molar-refractivity contribution < 1.29 is 20.9 Å². The molecule has 0 aromatic rings. The van der Waals surface area contributed by atoms with E-state index in [0.29, 0.717) is 12.3 Å². The molecule has 6 heteroatoms. The molecular weight excluding hydrogens is 190 g/mol. The standard InChI is InChI=1S/C6H13NO2.Ca.2H2O/c1-4(2)3-5(7)6(8)9;;;/h4-5H,3,7H2,1-2H3,(H,8,9);;2*1H2/t5-;;;/m0.../s1. The van der Waals surface area contributed by atoms with Crippen LogP contribution >= 0.6 is 0 Å². The van der Waals surface area contributed by atoms with Gasteiger partial charge in [-0.25, -0.2) is 0 Å². The zero-order chi connectivity index (χ0) is 7.44. The van der Waals surface area contributed by atoms with Crippen molar-refractivity contribution in [2.45, 2.75) is 26.3 Å². The first-order chi connectivity index (χ1) is 4.04. The molecule has 0 amide bonds. The molecule has 0 spiro atoms. The minimum absolute atomic E-state index is 0. The summed E-state index contributed by atoms with van der Waals surface area (Å²) in [7, 11) is 0. The fraction of sp³-hybridized carbons (Fsp3) is 0.833. The Kier molecular flexibility index (Phi) is 22.2. The fourth-order valence-electron chi connectivity index (χ4n) is 0.609. The van der Waals surface area contributed by atoms with Gasteiger partial charge < -0.3 is 21.8 Å². The van der Waals surface area contributed by atoms with Crippen molar-refractivity contribution in [1.29, 1.82) is 0 Å². The van der Waals surface area contributed by atoms with Crippen LogP contribution in [0.25, 0.3) is 0 Å². The van der Waals surface area contributed by atoms with Gasteiger partial charge in [0.05, 0.1) is 0 Å². The van der Waals surface area contributed by atoms with E-state index in [4.69, 9.17) is 10.8 Å². The molecule has 12 heavy (non-hydrogen) atoms. The summed E-state index contributed by atoms with van der Waals surface area (Å²) >= 11 is 0. The van der Waals surface area contributed by atoms with Crippen LogP contribution in [0.3, 0.4) is 0 Å². The molecule has 1 atom stereocenters. The van der Waals surface area contributed by atoms with E-state index < -0.39 is 12.0 Å². The number of nitrogens with two attached hydrogens (primary N) is 1. The molecule has 0 aromatic heterocycles. The van der Waals surface area contributed by atoms with Crippen LogP contribution in [0.5, 0.6) is 0 Å². The molecule has 7 N–H and O–H groups in total. The molecule has 0 rings (SSSR count). The molecule has 0 saturated heterocycles. The van der Waals surface area contributed by atoms with Gasteiger partial charge >= 0.3 is 5.97 Å². The molecule has 0 bridgehead atoms. The Labute approximate surface area is 102 Å². The van der Waals surface area contributed by atoms with E-state index in [9.17, 15) is 4.79 Å². The quantitative estimate of drug-likeness (QED) is 0.542. The van der Waals surface area contributed by atoms with Gasteiger partial charge in [-0.1, -0.05) is 13.8 Å². The molecule has 0 fully saturated rings. The normalized spacial score (nSPS) is 10.3. The summed E-state index contributed by atoms with van der Waals surface area (Å²) < 4.78 is 0. The van der Waals surface area contributed by atoms with Crippen molar-refractivity contribution in [1.82, 2.24) is 0 Å². The van der Waals surface area contributed by atoms with Crippen molar-refractivity contribution in [3.8, 4) is 0 Å². The summed E-state index contributed by atoms with van der Waals surface area (Å²) in [5.41, 5.74) is 5.22. The second-order valence-corrected chi connectivity index (χ2v) is 2.57. The van der Waals surface area contributed by atoms with Crippen LogP contribution in [0.2, 0.25) is 0 Å². The summed E-state index contributed by atoms with van der Waals surface area (Å²) in [6.07, 6.45) is 0.551. The molecule has 0 aliphatic heterocycles. The van der Waals surface area contributed by atoms with Gasteiger partial charge in [0.1, 0.15) is 6.04 Å². The smallest absolute Gasteiger partial charge is 0.320 e. The van der Waals surface area contributed by atoms with E-state index in [1.54, 1.807) is 0 Å². The molecule has 0 saturated carbocycles. The van der Waals surface area contributed by atoms with Gasteiger partial charge in [0, 0.05) is 37.7 Å². The average Bonchev–Trinajstić information content (AvgIpc) is 1.63. The molecule has 5 nitrogen and oxygen atoms in total. The van der Waals surface area contributed by atoms with Crippen LogP contribution in [-0.2, 0) is 4.79 Å². The van der Waals surface area contributed by atoms with E-state index in [-0.39, 0.29) is 48.7 Å². The predicted molar refractivity (Wildman–Crippen MR) is 48.0 cm³/mol. The predicted octanol–water partition coefficient (Wildman–Crippen LogP) is -1.59. The number of carbonyl (C=O) groups is 1. The van der Waals surface area contributed by atoms with Crippen molar-refractivity contribution in [2.24, 2.45) is 11.7 Å². The zero-order valence-corrected chi connectivity index (χ0v) is 9.71. The monoisotopic (exact) mass is 207 g/mol. The van der Waals surface area contributed by atoms with Gasteiger partial charge in [0.15, 0.2) is 0 Å². The fourth-order valence-corrected chi connectivity index (χ4v) is 0.609. The van der Waals surface area contributed by atoms with Gasteiger partial charge in [-0.3, -0.25) is 4.79 Å². The number of hydrogen-bond donors (Lipinski definition) is 2. The SMILES string of the molecule is CC(C)C[C@H](N)C(=O)O.O.O.[Ca]. The number of hydrogen-bond acceptors (Lipinski definition) is 2. The maximum Gasteiger partial charge on any atom is 0.320 e. The topological polar surface area (TPSA) is 126 Å². The molecule has 0 unspecified atom stereocenters. The molecule has 0 heterocycles. The second-order valence-electron chi connectivity index (χ2n) is 2.57. The Morgan fingerprint density at radius 3 is 1.83 bits per heavy atom. The van der Waals surface area contributed by atoms with E-state index in [1.165, 1.54) is 0 Å². The van der Waals surface area contributed by atoms with Gasteiger partial charge in [0.25, 0.3) is 0 Å². The number of aliphatic carboxylic acids is 1. The maximum absolute atomic E-state index is 10.1. The third kappa shape index (κ3) is 13.2. The van der Waals surface area contributed by atoms with Crippen LogP contribution in [0.1, 0.15) is 20.3 Å². The van der Waals surface area contributed by atoms with E-state index in [1.807, 2.05) is 13.8 Å². The largest absolute Gasteiger partial charge is 0.480 e. The molecule has 0 aliphatic carbocycles.